The summed E-state index contributed by atoms with van der Waals surface area (Å²) >= 11 is 1.55. The predicted molar refractivity (Wildman–Crippen MR) is 105 cm³/mol. The fraction of sp³-hybridized carbons (Fsp3) is 0.238. The Labute approximate surface area is 158 Å². The molecule has 3 aromatic rings. The van der Waals surface area contributed by atoms with Gasteiger partial charge < -0.3 is 9.64 Å². The first kappa shape index (κ1) is 18.1. The zero-order valence-electron chi connectivity index (χ0n) is 15.2. The molecule has 0 aliphatic carbocycles. The van der Waals surface area contributed by atoms with Crippen molar-refractivity contribution in [3.63, 3.8) is 0 Å². The van der Waals surface area contributed by atoms with Crippen LogP contribution in [-0.2, 0) is 13.2 Å². The standard InChI is InChI=1S/C21H22N2O2S/c1-15-4-5-18(16(2)10-15)11-23(3)21(24)17-6-8-20(9-7-17)25-12-19-13-26-14-22-19/h4-10,13-14H,11-12H2,1-3H3. The number of thiazole rings is 1. The van der Waals surface area contributed by atoms with E-state index in [0.29, 0.717) is 18.7 Å². The third-order valence-electron chi connectivity index (χ3n) is 4.22. The van der Waals surface area contributed by atoms with E-state index in [-0.39, 0.29) is 5.91 Å². The average Bonchev–Trinajstić information content (AvgIpc) is 3.15. The van der Waals surface area contributed by atoms with Crippen LogP contribution < -0.4 is 4.74 Å². The maximum atomic E-state index is 12.7. The largest absolute Gasteiger partial charge is 0.487 e. The monoisotopic (exact) mass is 366 g/mol. The van der Waals surface area contributed by atoms with Crippen LogP contribution in [-0.4, -0.2) is 22.8 Å². The molecule has 4 nitrogen and oxygen atoms in total. The quantitative estimate of drug-likeness (QED) is 0.640. The van der Waals surface area contributed by atoms with Crippen molar-refractivity contribution in [3.8, 4) is 5.75 Å². The highest BCUT2D eigenvalue weighted by Crippen LogP contribution is 2.17. The van der Waals surface area contributed by atoms with Gasteiger partial charge in [0.25, 0.3) is 5.91 Å². The fourth-order valence-electron chi connectivity index (χ4n) is 2.73. The molecule has 5 heteroatoms. The minimum absolute atomic E-state index is 0.00368. The van der Waals surface area contributed by atoms with Gasteiger partial charge >= 0.3 is 0 Å². The Balaban J connectivity index is 1.61. The van der Waals surface area contributed by atoms with Gasteiger partial charge in [-0.1, -0.05) is 23.8 Å². The Bertz CT molecular complexity index is 874. The molecule has 0 bridgehead atoms. The summed E-state index contributed by atoms with van der Waals surface area (Å²) in [7, 11) is 1.83. The van der Waals surface area contributed by atoms with Crippen LogP contribution in [0.25, 0.3) is 0 Å². The van der Waals surface area contributed by atoms with Gasteiger partial charge in [0.1, 0.15) is 12.4 Å². The number of aryl methyl sites for hydroxylation is 2. The lowest BCUT2D eigenvalue weighted by Crippen LogP contribution is -2.26. The Morgan fingerprint density at radius 3 is 2.58 bits per heavy atom. The second-order valence-electron chi connectivity index (χ2n) is 6.38. The maximum Gasteiger partial charge on any atom is 0.253 e. The molecule has 0 aliphatic rings. The number of benzene rings is 2. The van der Waals surface area contributed by atoms with Crippen LogP contribution in [0.15, 0.2) is 53.4 Å². The van der Waals surface area contributed by atoms with Crippen LogP contribution in [0.3, 0.4) is 0 Å². The van der Waals surface area contributed by atoms with Gasteiger partial charge in [-0.3, -0.25) is 4.79 Å². The van der Waals surface area contributed by atoms with Crippen LogP contribution in [0.4, 0.5) is 0 Å². The van der Waals surface area contributed by atoms with E-state index in [1.54, 1.807) is 33.9 Å². The second-order valence-corrected chi connectivity index (χ2v) is 7.10. The molecule has 0 atom stereocenters. The predicted octanol–water partition coefficient (Wildman–Crippen LogP) is 4.61. The highest BCUT2D eigenvalue weighted by Gasteiger charge is 2.13. The molecule has 134 valence electrons. The number of rotatable bonds is 6. The zero-order chi connectivity index (χ0) is 18.5. The first-order valence-electron chi connectivity index (χ1n) is 8.44. The minimum atomic E-state index is -0.00368. The summed E-state index contributed by atoms with van der Waals surface area (Å²) in [4.78, 5) is 18.6. The first-order chi connectivity index (χ1) is 12.5. The number of carbonyl (C=O) groups excluding carboxylic acids is 1. The Hall–Kier alpha value is -2.66. The first-order valence-corrected chi connectivity index (χ1v) is 9.39. The second kappa shape index (κ2) is 8.15. The van der Waals surface area contributed by atoms with E-state index in [9.17, 15) is 4.79 Å². The summed E-state index contributed by atoms with van der Waals surface area (Å²) in [6, 6.07) is 13.6. The van der Waals surface area contributed by atoms with Gasteiger partial charge in [0.05, 0.1) is 11.2 Å². The highest BCUT2D eigenvalue weighted by atomic mass is 32.1. The van der Waals surface area contributed by atoms with Crippen molar-refractivity contribution >= 4 is 17.2 Å². The lowest BCUT2D eigenvalue weighted by molar-refractivity contribution is 0.0785. The molecule has 0 aliphatic heterocycles. The molecule has 0 fully saturated rings. The number of hydrogen-bond donors (Lipinski definition) is 0. The molecular formula is C21H22N2O2S. The van der Waals surface area contributed by atoms with Gasteiger partial charge in [0, 0.05) is 24.5 Å². The van der Waals surface area contributed by atoms with E-state index in [1.807, 2.05) is 24.6 Å². The molecule has 26 heavy (non-hydrogen) atoms. The van der Waals surface area contributed by atoms with E-state index >= 15 is 0 Å². The SMILES string of the molecule is Cc1ccc(CN(C)C(=O)c2ccc(OCc3cscn3)cc2)c(C)c1. The molecular weight excluding hydrogens is 344 g/mol. The number of nitrogens with zero attached hydrogens (tertiary/aromatic N) is 2. The molecule has 0 saturated heterocycles. The number of ether oxygens (including phenoxy) is 1. The van der Waals surface area contributed by atoms with E-state index < -0.39 is 0 Å². The highest BCUT2D eigenvalue weighted by molar-refractivity contribution is 7.07. The van der Waals surface area contributed by atoms with Gasteiger partial charge in [-0.05, 0) is 49.2 Å². The lowest BCUT2D eigenvalue weighted by atomic mass is 10.1. The van der Waals surface area contributed by atoms with Crippen LogP contribution >= 0.6 is 11.3 Å². The van der Waals surface area contributed by atoms with E-state index in [1.165, 1.54) is 11.1 Å². The summed E-state index contributed by atoms with van der Waals surface area (Å²) in [5, 5.41) is 1.96. The van der Waals surface area contributed by atoms with Crippen LogP contribution in [0.1, 0.15) is 32.7 Å². The molecule has 2 aromatic carbocycles. The van der Waals surface area contributed by atoms with Crippen molar-refractivity contribution in [3.05, 3.63) is 81.3 Å². The topological polar surface area (TPSA) is 42.4 Å². The molecule has 3 rings (SSSR count). The van der Waals surface area contributed by atoms with Gasteiger partial charge in [0.2, 0.25) is 0 Å². The number of aromatic nitrogens is 1. The fourth-order valence-corrected chi connectivity index (χ4v) is 3.27. The molecule has 0 saturated carbocycles. The van der Waals surface area contributed by atoms with E-state index in [4.69, 9.17) is 4.74 Å². The number of hydrogen-bond acceptors (Lipinski definition) is 4. The molecule has 0 radical (unpaired) electrons. The Kier molecular flexibility index (Phi) is 5.68. The third kappa shape index (κ3) is 4.49. The van der Waals surface area contributed by atoms with Gasteiger partial charge in [-0.2, -0.15) is 0 Å². The number of amides is 1. The maximum absolute atomic E-state index is 12.7. The van der Waals surface area contributed by atoms with E-state index in [0.717, 1.165) is 17.0 Å². The van der Waals surface area contributed by atoms with Crippen molar-refractivity contribution in [1.82, 2.24) is 9.88 Å². The lowest BCUT2D eigenvalue weighted by Gasteiger charge is -2.19. The van der Waals surface area contributed by atoms with Gasteiger partial charge in [-0.15, -0.1) is 11.3 Å². The van der Waals surface area contributed by atoms with Crippen LogP contribution in [0.2, 0.25) is 0 Å². The normalized spacial score (nSPS) is 10.6. The third-order valence-corrected chi connectivity index (χ3v) is 4.86. The molecule has 1 aromatic heterocycles. The van der Waals surface area contributed by atoms with Crippen LogP contribution in [0.5, 0.6) is 5.75 Å². The average molecular weight is 366 g/mol. The Morgan fingerprint density at radius 1 is 1.15 bits per heavy atom. The molecule has 1 heterocycles. The van der Waals surface area contributed by atoms with E-state index in [2.05, 4.69) is 37.0 Å². The zero-order valence-corrected chi connectivity index (χ0v) is 16.0. The minimum Gasteiger partial charge on any atom is -0.487 e. The molecule has 1 amide bonds. The molecule has 0 spiro atoms. The summed E-state index contributed by atoms with van der Waals surface area (Å²) in [5.74, 6) is 0.725. The van der Waals surface area contributed by atoms with Crippen molar-refractivity contribution in [2.45, 2.75) is 27.0 Å². The van der Waals surface area contributed by atoms with Crippen molar-refractivity contribution in [1.29, 1.82) is 0 Å². The van der Waals surface area contributed by atoms with Crippen molar-refractivity contribution in [2.24, 2.45) is 0 Å². The summed E-state index contributed by atoms with van der Waals surface area (Å²) in [5.41, 5.74) is 6.94. The van der Waals surface area contributed by atoms with Gasteiger partial charge in [0.15, 0.2) is 0 Å². The summed E-state index contributed by atoms with van der Waals surface area (Å²) in [6.07, 6.45) is 0. The van der Waals surface area contributed by atoms with Gasteiger partial charge in [-0.25, -0.2) is 4.98 Å². The van der Waals surface area contributed by atoms with Crippen molar-refractivity contribution < 1.29 is 9.53 Å². The Morgan fingerprint density at radius 2 is 1.92 bits per heavy atom. The molecule has 0 unspecified atom stereocenters. The van der Waals surface area contributed by atoms with Crippen LogP contribution in [0, 0.1) is 13.8 Å². The van der Waals surface area contributed by atoms with Crippen molar-refractivity contribution in [2.75, 3.05) is 7.05 Å². The number of carbonyl (C=O) groups is 1. The molecule has 0 N–H and O–H groups in total. The summed E-state index contributed by atoms with van der Waals surface area (Å²) < 4.78 is 5.69. The summed E-state index contributed by atoms with van der Waals surface area (Å²) in [6.45, 7) is 5.18. The smallest absolute Gasteiger partial charge is 0.253 e.